The van der Waals surface area contributed by atoms with E-state index in [-0.39, 0.29) is 12.4 Å². The van der Waals surface area contributed by atoms with Crippen LogP contribution in [0.15, 0.2) is 36.4 Å². The summed E-state index contributed by atoms with van der Waals surface area (Å²) >= 11 is 5.73. The van der Waals surface area contributed by atoms with E-state index in [0.29, 0.717) is 16.5 Å². The predicted molar refractivity (Wildman–Crippen MR) is 94.4 cm³/mol. The van der Waals surface area contributed by atoms with Crippen molar-refractivity contribution in [3.63, 3.8) is 0 Å². The Bertz CT molecular complexity index is 843. The smallest absolute Gasteiger partial charge is 0.406 e. The maximum atomic E-state index is 11.7. The van der Waals surface area contributed by atoms with Gasteiger partial charge in [-0.25, -0.2) is 0 Å². The maximum Gasteiger partial charge on any atom is 0.406 e. The monoisotopic (exact) mass is 394 g/mol. The number of aryl methyl sites for hydroxylation is 1. The van der Waals surface area contributed by atoms with Crippen molar-refractivity contribution in [2.45, 2.75) is 6.92 Å². The van der Waals surface area contributed by atoms with Crippen molar-refractivity contribution in [1.29, 1.82) is 0 Å². The van der Waals surface area contributed by atoms with Crippen LogP contribution in [0.3, 0.4) is 0 Å². The normalized spacial score (nSPS) is 10.0. The topological polar surface area (TPSA) is 133 Å². The van der Waals surface area contributed by atoms with Gasteiger partial charge < -0.3 is 19.6 Å². The molecule has 27 heavy (non-hydrogen) atoms. The van der Waals surface area contributed by atoms with Crippen LogP contribution in [0, 0.1) is 17.0 Å². The lowest BCUT2D eigenvalue weighted by Crippen LogP contribution is -2.45. The first-order chi connectivity index (χ1) is 12.8. The number of carbonyl (C=O) groups excluding carboxylic acids is 2. The van der Waals surface area contributed by atoms with Gasteiger partial charge in [0, 0.05) is 11.9 Å². The van der Waals surface area contributed by atoms with Gasteiger partial charge in [-0.1, -0.05) is 11.6 Å². The van der Waals surface area contributed by atoms with Gasteiger partial charge >= 0.3 is 5.82 Å². The maximum absolute atomic E-state index is 11.7. The van der Waals surface area contributed by atoms with Crippen molar-refractivity contribution < 1.29 is 24.0 Å². The molecule has 0 unspecified atom stereocenters. The number of halogens is 1. The molecule has 1 aromatic heterocycles. The molecule has 2 aromatic rings. The minimum atomic E-state index is -0.718. The van der Waals surface area contributed by atoms with Gasteiger partial charge in [0.1, 0.15) is 11.4 Å². The zero-order chi connectivity index (χ0) is 19.8. The minimum Gasteiger partial charge on any atom is -0.484 e. The second-order valence-corrected chi connectivity index (χ2v) is 5.60. The van der Waals surface area contributed by atoms with Crippen molar-refractivity contribution in [1.82, 2.24) is 15.8 Å². The second kappa shape index (κ2) is 9.34. The number of amides is 2. The van der Waals surface area contributed by atoms with E-state index < -0.39 is 29.2 Å². The molecule has 1 aromatic carbocycles. The number of nitrogens with one attached hydrogen (secondary N) is 2. The predicted octanol–water partition coefficient (Wildman–Crippen LogP) is 1.56. The van der Waals surface area contributed by atoms with Crippen LogP contribution in [0.25, 0.3) is 0 Å². The first-order valence-electron chi connectivity index (χ1n) is 7.56. The Kier molecular flexibility index (Phi) is 6.89. The van der Waals surface area contributed by atoms with Gasteiger partial charge in [-0.2, -0.15) is 0 Å². The van der Waals surface area contributed by atoms with Gasteiger partial charge in [-0.3, -0.25) is 20.4 Å². The minimum absolute atomic E-state index is 0.154. The van der Waals surface area contributed by atoms with E-state index in [1.54, 1.807) is 31.2 Å². The molecule has 0 bridgehead atoms. The van der Waals surface area contributed by atoms with Crippen LogP contribution in [-0.2, 0) is 9.59 Å². The molecule has 0 aliphatic rings. The van der Waals surface area contributed by atoms with Crippen molar-refractivity contribution in [2.75, 3.05) is 13.2 Å². The van der Waals surface area contributed by atoms with Crippen LogP contribution in [0.2, 0.25) is 5.02 Å². The summed E-state index contributed by atoms with van der Waals surface area (Å²) in [4.78, 5) is 37.3. The highest BCUT2D eigenvalue weighted by molar-refractivity contribution is 6.30. The zero-order valence-corrected chi connectivity index (χ0v) is 14.9. The first-order valence-corrected chi connectivity index (χ1v) is 7.94. The van der Waals surface area contributed by atoms with Crippen molar-refractivity contribution in [3.8, 4) is 11.5 Å². The number of ether oxygens (including phenoxy) is 2. The highest BCUT2D eigenvalue weighted by Gasteiger charge is 2.18. The van der Waals surface area contributed by atoms with Crippen molar-refractivity contribution in [3.05, 3.63) is 57.2 Å². The largest absolute Gasteiger partial charge is 0.484 e. The van der Waals surface area contributed by atoms with Gasteiger partial charge in [0.05, 0.1) is 0 Å². The number of hydrazine groups is 1. The molecule has 2 N–H and O–H groups in total. The zero-order valence-electron chi connectivity index (χ0n) is 14.1. The average molecular weight is 395 g/mol. The number of hydrogen-bond donors (Lipinski definition) is 2. The molecule has 142 valence electrons. The fourth-order valence-corrected chi connectivity index (χ4v) is 1.93. The molecule has 0 fully saturated rings. The SMILES string of the molecule is Cc1ccc(OCC(=O)NNC(=O)COc2ccc(Cl)cc2)c([N+](=O)[O-])n1. The third-order valence-electron chi connectivity index (χ3n) is 3.04. The molecule has 0 saturated carbocycles. The number of nitrogens with zero attached hydrogens (tertiary/aromatic N) is 2. The Morgan fingerprint density at radius 3 is 2.26 bits per heavy atom. The summed E-state index contributed by atoms with van der Waals surface area (Å²) in [7, 11) is 0. The number of aromatic nitrogens is 1. The van der Waals surface area contributed by atoms with Gasteiger partial charge in [-0.05, 0) is 46.3 Å². The van der Waals surface area contributed by atoms with Crippen molar-refractivity contribution >= 4 is 29.2 Å². The van der Waals surface area contributed by atoms with E-state index in [2.05, 4.69) is 15.8 Å². The lowest BCUT2D eigenvalue weighted by atomic mass is 10.3. The molecule has 1 heterocycles. The van der Waals surface area contributed by atoms with Crippen LogP contribution in [0.1, 0.15) is 5.69 Å². The van der Waals surface area contributed by atoms with Crippen LogP contribution in [0.5, 0.6) is 11.5 Å². The quantitative estimate of drug-likeness (QED) is 0.537. The fourth-order valence-electron chi connectivity index (χ4n) is 1.81. The lowest BCUT2D eigenvalue weighted by Gasteiger charge is -2.10. The van der Waals surface area contributed by atoms with Crippen LogP contribution >= 0.6 is 11.6 Å². The summed E-state index contributed by atoms with van der Waals surface area (Å²) in [5, 5.41) is 11.5. The highest BCUT2D eigenvalue weighted by atomic mass is 35.5. The summed E-state index contributed by atoms with van der Waals surface area (Å²) in [5.41, 5.74) is 4.67. The summed E-state index contributed by atoms with van der Waals surface area (Å²) in [6.07, 6.45) is 0. The van der Waals surface area contributed by atoms with Crippen LogP contribution in [-0.4, -0.2) is 34.9 Å². The molecule has 0 aliphatic heterocycles. The molecule has 0 saturated heterocycles. The van der Waals surface area contributed by atoms with Gasteiger partial charge in [0.25, 0.3) is 11.8 Å². The summed E-state index contributed by atoms with van der Waals surface area (Å²) in [5.74, 6) is -1.55. The molecule has 0 aliphatic carbocycles. The number of rotatable bonds is 7. The molecule has 2 rings (SSSR count). The Morgan fingerprint density at radius 2 is 1.67 bits per heavy atom. The fraction of sp³-hybridized carbons (Fsp3) is 0.188. The van der Waals surface area contributed by atoms with Gasteiger partial charge in [0.15, 0.2) is 13.2 Å². The number of carbonyl (C=O) groups is 2. The van der Waals surface area contributed by atoms with Gasteiger partial charge in [-0.15, -0.1) is 0 Å². The molecular weight excluding hydrogens is 380 g/mol. The van der Waals surface area contributed by atoms with Crippen LogP contribution in [0.4, 0.5) is 5.82 Å². The molecular formula is C16H15ClN4O6. The summed E-state index contributed by atoms with van der Waals surface area (Å²) < 4.78 is 10.3. The molecule has 11 heteroatoms. The standard InChI is InChI=1S/C16H15ClN4O6/c1-10-2-7-13(16(18-10)21(24)25)27-9-15(23)20-19-14(22)8-26-12-5-3-11(17)4-6-12/h2-7H,8-9H2,1H3,(H,19,22)(H,20,23). The second-order valence-electron chi connectivity index (χ2n) is 5.16. The highest BCUT2D eigenvalue weighted by Crippen LogP contribution is 2.24. The third-order valence-corrected chi connectivity index (χ3v) is 3.29. The van der Waals surface area contributed by atoms with Gasteiger partial charge in [0.2, 0.25) is 5.75 Å². The Morgan fingerprint density at radius 1 is 1.07 bits per heavy atom. The summed E-state index contributed by atoms with van der Waals surface area (Å²) in [6.45, 7) is 0.700. The Labute approximate surface area is 158 Å². The van der Waals surface area contributed by atoms with E-state index in [9.17, 15) is 19.7 Å². The molecule has 0 atom stereocenters. The molecule has 2 amide bonds. The number of nitro groups is 1. The van der Waals surface area contributed by atoms with E-state index in [4.69, 9.17) is 21.1 Å². The summed E-state index contributed by atoms with van der Waals surface area (Å²) in [6, 6.07) is 9.23. The average Bonchev–Trinajstić information content (AvgIpc) is 2.64. The van der Waals surface area contributed by atoms with Crippen molar-refractivity contribution in [2.24, 2.45) is 0 Å². The first kappa shape index (κ1) is 19.9. The number of hydrogen-bond acceptors (Lipinski definition) is 7. The molecule has 0 spiro atoms. The Balaban J connectivity index is 1.75. The van der Waals surface area contributed by atoms with E-state index in [0.717, 1.165) is 0 Å². The number of benzene rings is 1. The van der Waals surface area contributed by atoms with E-state index in [1.807, 2.05) is 0 Å². The third kappa shape index (κ3) is 6.44. The molecule has 0 radical (unpaired) electrons. The molecule has 10 nitrogen and oxygen atoms in total. The number of pyridine rings is 1. The van der Waals surface area contributed by atoms with E-state index in [1.165, 1.54) is 12.1 Å². The Hall–Kier alpha value is -3.40. The lowest BCUT2D eigenvalue weighted by molar-refractivity contribution is -0.390. The van der Waals surface area contributed by atoms with E-state index >= 15 is 0 Å². The van der Waals surface area contributed by atoms with Crippen LogP contribution < -0.4 is 20.3 Å².